The molecule has 6 nitrogen and oxygen atoms in total. The van der Waals surface area contributed by atoms with Crippen molar-refractivity contribution in [3.63, 3.8) is 0 Å². The minimum absolute atomic E-state index is 0.221. The molecule has 10 heteroatoms. The van der Waals surface area contributed by atoms with Crippen molar-refractivity contribution >= 4 is 17.7 Å². The van der Waals surface area contributed by atoms with Gasteiger partial charge in [-0.15, -0.1) is 24.9 Å². The molecule has 2 aromatic rings. The van der Waals surface area contributed by atoms with Crippen LogP contribution in [0.15, 0.2) is 47.4 Å². The van der Waals surface area contributed by atoms with Crippen molar-refractivity contribution in [2.75, 3.05) is 25.6 Å². The van der Waals surface area contributed by atoms with Crippen LogP contribution < -0.4 is 14.2 Å². The maximum absolute atomic E-state index is 12.2. The molecule has 1 atom stereocenters. The van der Waals surface area contributed by atoms with E-state index in [0.717, 1.165) is 10.5 Å². The smallest absolute Gasteiger partial charge is 0.491 e. The number of benzene rings is 2. The number of carboxylic acid groups (broad SMARTS) is 1. The average molecular weight is 460 g/mol. The number of ether oxygens (including phenoxy) is 4. The van der Waals surface area contributed by atoms with Crippen molar-refractivity contribution in [3.05, 3.63) is 48.0 Å². The van der Waals surface area contributed by atoms with Gasteiger partial charge in [0.05, 0.1) is 0 Å². The van der Waals surface area contributed by atoms with Crippen molar-refractivity contribution in [1.82, 2.24) is 0 Å². The second-order valence-electron chi connectivity index (χ2n) is 6.33. The maximum Gasteiger partial charge on any atom is 0.573 e. The number of rotatable bonds is 12. The third kappa shape index (κ3) is 9.39. The Balaban J connectivity index is 1.87. The Morgan fingerprint density at radius 1 is 1.10 bits per heavy atom. The van der Waals surface area contributed by atoms with E-state index in [1.54, 1.807) is 6.07 Å². The molecule has 0 amide bonds. The molecule has 0 radical (unpaired) electrons. The van der Waals surface area contributed by atoms with Gasteiger partial charge in [0.15, 0.2) is 6.61 Å². The minimum Gasteiger partial charge on any atom is -0.491 e. The van der Waals surface area contributed by atoms with Gasteiger partial charge in [0.1, 0.15) is 30.0 Å². The van der Waals surface area contributed by atoms with Gasteiger partial charge in [0.25, 0.3) is 0 Å². The predicted molar refractivity (Wildman–Crippen MR) is 109 cm³/mol. The standard InChI is InChI=1S/C21H23F3O6S/c1-3-27-17(11-28-15-4-6-16(7-5-15)30-21(22,23)24)13-31-18-8-9-19(14(2)10-18)29-12-20(25)26/h4-10,17H,3,11-13H2,1-2H3,(H,25,26)/t17-/m1/s1. The second kappa shape index (κ2) is 11.7. The van der Waals surface area contributed by atoms with Crippen LogP contribution in [0.2, 0.25) is 0 Å². The lowest BCUT2D eigenvalue weighted by Gasteiger charge is -2.18. The number of aliphatic carboxylic acids is 1. The van der Waals surface area contributed by atoms with Gasteiger partial charge in [-0.3, -0.25) is 0 Å². The van der Waals surface area contributed by atoms with Gasteiger partial charge in [0.2, 0.25) is 0 Å². The molecular formula is C21H23F3O6S. The zero-order valence-corrected chi connectivity index (χ0v) is 17.8. The van der Waals surface area contributed by atoms with Crippen LogP contribution in [0.1, 0.15) is 12.5 Å². The van der Waals surface area contributed by atoms with E-state index < -0.39 is 18.9 Å². The number of thioether (sulfide) groups is 1. The maximum atomic E-state index is 12.2. The third-order valence-corrected chi connectivity index (χ3v) is 4.95. The molecule has 2 aromatic carbocycles. The number of carboxylic acids is 1. The molecule has 0 aliphatic carbocycles. The summed E-state index contributed by atoms with van der Waals surface area (Å²) in [7, 11) is 0. The molecule has 1 N–H and O–H groups in total. The quantitative estimate of drug-likeness (QED) is 0.450. The first-order valence-electron chi connectivity index (χ1n) is 9.34. The summed E-state index contributed by atoms with van der Waals surface area (Å²) in [5.74, 6) is 0.134. The van der Waals surface area contributed by atoms with Crippen LogP contribution >= 0.6 is 11.8 Å². The minimum atomic E-state index is -4.74. The normalized spacial score (nSPS) is 12.3. The summed E-state index contributed by atoms with van der Waals surface area (Å²) < 4.78 is 57.0. The van der Waals surface area contributed by atoms with Crippen molar-refractivity contribution in [3.8, 4) is 17.2 Å². The molecule has 0 spiro atoms. The van der Waals surface area contributed by atoms with E-state index in [-0.39, 0.29) is 18.5 Å². The Bertz CT molecular complexity index is 842. The van der Waals surface area contributed by atoms with E-state index in [1.165, 1.54) is 36.0 Å². The lowest BCUT2D eigenvalue weighted by atomic mass is 10.2. The zero-order valence-electron chi connectivity index (χ0n) is 17.0. The molecule has 0 aliphatic rings. The van der Waals surface area contributed by atoms with Crippen LogP contribution in [0.3, 0.4) is 0 Å². The number of alkyl halides is 3. The summed E-state index contributed by atoms with van der Waals surface area (Å²) in [5.41, 5.74) is 0.816. The van der Waals surface area contributed by atoms with Crippen LogP contribution in [-0.4, -0.2) is 49.1 Å². The average Bonchev–Trinajstić information content (AvgIpc) is 2.69. The molecule has 0 heterocycles. The fraction of sp³-hybridized carbons (Fsp3) is 0.381. The molecule has 170 valence electrons. The zero-order chi connectivity index (χ0) is 22.9. The van der Waals surface area contributed by atoms with E-state index in [4.69, 9.17) is 19.3 Å². The molecule has 0 aromatic heterocycles. The van der Waals surface area contributed by atoms with E-state index in [9.17, 15) is 18.0 Å². The van der Waals surface area contributed by atoms with Crippen LogP contribution in [0.25, 0.3) is 0 Å². The molecular weight excluding hydrogens is 437 g/mol. The molecule has 0 saturated heterocycles. The third-order valence-electron chi connectivity index (χ3n) is 3.83. The summed E-state index contributed by atoms with van der Waals surface area (Å²) in [6.45, 7) is 3.99. The fourth-order valence-corrected chi connectivity index (χ4v) is 3.50. The molecule has 0 saturated carbocycles. The summed E-state index contributed by atoms with van der Waals surface area (Å²) >= 11 is 1.54. The van der Waals surface area contributed by atoms with Crippen LogP contribution in [0.4, 0.5) is 13.2 Å². The highest BCUT2D eigenvalue weighted by Crippen LogP contribution is 2.27. The number of hydrogen-bond donors (Lipinski definition) is 1. The molecule has 0 unspecified atom stereocenters. The van der Waals surface area contributed by atoms with Gasteiger partial charge < -0.3 is 24.1 Å². The summed E-state index contributed by atoms with van der Waals surface area (Å²) in [4.78, 5) is 11.6. The van der Waals surface area contributed by atoms with Crippen molar-refractivity contribution in [2.24, 2.45) is 0 Å². The van der Waals surface area contributed by atoms with Gasteiger partial charge in [-0.05, 0) is 61.9 Å². The fourth-order valence-electron chi connectivity index (χ4n) is 2.51. The monoisotopic (exact) mass is 460 g/mol. The number of halogens is 3. The Morgan fingerprint density at radius 2 is 1.77 bits per heavy atom. The van der Waals surface area contributed by atoms with Crippen molar-refractivity contribution < 1.29 is 42.0 Å². The number of aryl methyl sites for hydroxylation is 1. The van der Waals surface area contributed by atoms with E-state index >= 15 is 0 Å². The van der Waals surface area contributed by atoms with Crippen LogP contribution in [0.5, 0.6) is 17.2 Å². The Kier molecular flexibility index (Phi) is 9.32. The number of hydrogen-bond acceptors (Lipinski definition) is 6. The molecule has 0 bridgehead atoms. The Morgan fingerprint density at radius 3 is 2.35 bits per heavy atom. The SMILES string of the molecule is CCO[C@H](COc1ccc(OC(F)(F)F)cc1)CSc1ccc(OCC(=O)O)c(C)c1. The lowest BCUT2D eigenvalue weighted by molar-refractivity contribution is -0.274. The molecule has 31 heavy (non-hydrogen) atoms. The first-order valence-corrected chi connectivity index (χ1v) is 10.3. The van der Waals surface area contributed by atoms with Crippen molar-refractivity contribution in [2.45, 2.75) is 31.2 Å². The van der Waals surface area contributed by atoms with Crippen LogP contribution in [0, 0.1) is 6.92 Å². The Hall–Kier alpha value is -2.59. The van der Waals surface area contributed by atoms with Gasteiger partial charge in [-0.1, -0.05) is 0 Å². The molecule has 0 fully saturated rings. The van der Waals surface area contributed by atoms with Gasteiger partial charge in [-0.2, -0.15) is 0 Å². The largest absolute Gasteiger partial charge is 0.573 e. The van der Waals surface area contributed by atoms with E-state index in [0.29, 0.717) is 23.9 Å². The Labute approximate surface area is 182 Å². The van der Waals surface area contributed by atoms with E-state index in [2.05, 4.69) is 4.74 Å². The predicted octanol–water partition coefficient (Wildman–Crippen LogP) is 4.93. The summed E-state index contributed by atoms with van der Waals surface area (Å²) in [5, 5.41) is 8.70. The highest BCUT2D eigenvalue weighted by Gasteiger charge is 2.31. The summed E-state index contributed by atoms with van der Waals surface area (Å²) in [6.07, 6.45) is -4.98. The molecule has 2 rings (SSSR count). The van der Waals surface area contributed by atoms with Crippen molar-refractivity contribution in [1.29, 1.82) is 0 Å². The van der Waals surface area contributed by atoms with Gasteiger partial charge >= 0.3 is 12.3 Å². The lowest BCUT2D eigenvalue weighted by Crippen LogP contribution is -2.24. The number of carbonyl (C=O) groups is 1. The van der Waals surface area contributed by atoms with Gasteiger partial charge in [-0.25, -0.2) is 4.79 Å². The first kappa shape index (κ1) is 24.7. The van der Waals surface area contributed by atoms with Gasteiger partial charge in [0, 0.05) is 17.3 Å². The highest BCUT2D eigenvalue weighted by atomic mass is 32.2. The molecule has 0 aliphatic heterocycles. The van der Waals surface area contributed by atoms with E-state index in [1.807, 2.05) is 26.0 Å². The van der Waals surface area contributed by atoms with Crippen LogP contribution in [-0.2, 0) is 9.53 Å². The second-order valence-corrected chi connectivity index (χ2v) is 7.42. The first-order chi connectivity index (χ1) is 14.7. The highest BCUT2D eigenvalue weighted by molar-refractivity contribution is 7.99. The summed E-state index contributed by atoms with van der Waals surface area (Å²) in [6, 6.07) is 10.6. The topological polar surface area (TPSA) is 74.2 Å².